The number of sulfone groups is 1. The molecule has 0 unspecified atom stereocenters. The van der Waals surface area contributed by atoms with E-state index in [0.717, 1.165) is 17.6 Å². The maximum absolute atomic E-state index is 12.4. The number of aromatic carboxylic acids is 1. The van der Waals surface area contributed by atoms with Crippen molar-refractivity contribution < 1.29 is 27.9 Å². The second-order valence-electron chi connectivity index (χ2n) is 5.56. The molecule has 134 valence electrons. The topological polar surface area (TPSA) is 110 Å². The van der Waals surface area contributed by atoms with Gasteiger partial charge in [-0.15, -0.1) is 11.3 Å². The van der Waals surface area contributed by atoms with Gasteiger partial charge >= 0.3 is 5.97 Å². The second-order valence-corrected chi connectivity index (χ2v) is 8.48. The monoisotopic (exact) mass is 383 g/mol. The van der Waals surface area contributed by atoms with Gasteiger partial charge < -0.3 is 15.2 Å². The number of rotatable bonds is 6. The van der Waals surface area contributed by atoms with Crippen LogP contribution in [-0.2, 0) is 9.84 Å². The molecule has 0 saturated heterocycles. The van der Waals surface area contributed by atoms with E-state index in [-0.39, 0.29) is 27.1 Å². The minimum Gasteiger partial charge on any atom is -0.489 e. The third kappa shape index (κ3) is 4.80. The lowest BCUT2D eigenvalue weighted by atomic mass is 10.2. The van der Waals surface area contributed by atoms with E-state index in [1.54, 1.807) is 13.8 Å². The highest BCUT2D eigenvalue weighted by atomic mass is 32.2. The number of hydrogen-bond donors (Lipinski definition) is 2. The molecule has 7 nitrogen and oxygen atoms in total. The van der Waals surface area contributed by atoms with Crippen LogP contribution in [0, 0.1) is 0 Å². The molecule has 0 aliphatic heterocycles. The first-order valence-electron chi connectivity index (χ1n) is 7.22. The number of thiophene rings is 1. The predicted molar refractivity (Wildman–Crippen MR) is 94.5 cm³/mol. The summed E-state index contributed by atoms with van der Waals surface area (Å²) in [5, 5.41) is 13.1. The molecule has 1 aromatic carbocycles. The molecule has 25 heavy (non-hydrogen) atoms. The minimum absolute atomic E-state index is 0.00518. The number of carboxylic acid groups (broad SMARTS) is 1. The molecule has 0 fully saturated rings. The van der Waals surface area contributed by atoms with Gasteiger partial charge in [-0.3, -0.25) is 4.79 Å². The summed E-state index contributed by atoms with van der Waals surface area (Å²) in [6.45, 7) is 3.60. The number of carbonyl (C=O) groups excluding carboxylic acids is 1. The van der Waals surface area contributed by atoms with Crippen LogP contribution in [0.15, 0.2) is 34.5 Å². The van der Waals surface area contributed by atoms with Gasteiger partial charge in [-0.25, -0.2) is 13.2 Å². The Morgan fingerprint density at radius 1 is 1.24 bits per heavy atom. The summed E-state index contributed by atoms with van der Waals surface area (Å²) in [5.41, 5.74) is 0.197. The van der Waals surface area contributed by atoms with E-state index in [9.17, 15) is 18.0 Å². The van der Waals surface area contributed by atoms with Crippen molar-refractivity contribution in [2.75, 3.05) is 11.6 Å². The zero-order valence-electron chi connectivity index (χ0n) is 13.8. The molecular weight excluding hydrogens is 366 g/mol. The summed E-state index contributed by atoms with van der Waals surface area (Å²) in [4.78, 5) is 23.8. The maximum Gasteiger partial charge on any atom is 0.335 e. The van der Waals surface area contributed by atoms with Gasteiger partial charge in [-0.05, 0) is 38.1 Å². The highest BCUT2D eigenvalue weighted by Crippen LogP contribution is 2.28. The molecule has 0 saturated carbocycles. The van der Waals surface area contributed by atoms with E-state index in [2.05, 4.69) is 5.32 Å². The van der Waals surface area contributed by atoms with Crippen LogP contribution in [0.3, 0.4) is 0 Å². The zero-order chi connectivity index (χ0) is 18.8. The van der Waals surface area contributed by atoms with Crippen molar-refractivity contribution in [3.05, 3.63) is 40.1 Å². The van der Waals surface area contributed by atoms with Crippen molar-refractivity contribution in [3.8, 4) is 5.75 Å². The number of anilines is 1. The Morgan fingerprint density at radius 2 is 1.92 bits per heavy atom. The van der Waals surface area contributed by atoms with Crippen LogP contribution in [-0.4, -0.2) is 37.8 Å². The van der Waals surface area contributed by atoms with E-state index in [1.807, 2.05) is 0 Å². The predicted octanol–water partition coefficient (Wildman–Crippen LogP) is 2.89. The molecule has 2 aromatic rings. The fraction of sp³-hybridized carbons (Fsp3) is 0.250. The highest BCUT2D eigenvalue weighted by molar-refractivity contribution is 7.90. The van der Waals surface area contributed by atoms with Gasteiger partial charge in [0.2, 0.25) is 0 Å². The lowest BCUT2D eigenvalue weighted by molar-refractivity contribution is 0.0696. The van der Waals surface area contributed by atoms with Crippen molar-refractivity contribution in [1.82, 2.24) is 0 Å². The minimum atomic E-state index is -3.40. The molecular formula is C16H17NO6S2. The van der Waals surface area contributed by atoms with Gasteiger partial charge in [-0.1, -0.05) is 0 Å². The number of nitrogens with one attached hydrogen (secondary N) is 1. The normalized spacial score (nSPS) is 11.4. The van der Waals surface area contributed by atoms with Crippen molar-refractivity contribution >= 4 is 38.7 Å². The summed E-state index contributed by atoms with van der Waals surface area (Å²) in [7, 11) is -3.40. The maximum atomic E-state index is 12.4. The SMILES string of the molecule is CC(C)Oc1ccc(C(=O)O)cc1NC(=O)c1cc(S(C)(=O)=O)cs1. The van der Waals surface area contributed by atoms with E-state index in [1.165, 1.54) is 29.6 Å². The summed E-state index contributed by atoms with van der Waals surface area (Å²) in [6, 6.07) is 5.42. The van der Waals surface area contributed by atoms with E-state index >= 15 is 0 Å². The van der Waals surface area contributed by atoms with Gasteiger partial charge in [-0.2, -0.15) is 0 Å². The van der Waals surface area contributed by atoms with Crippen LogP contribution < -0.4 is 10.1 Å². The first kappa shape index (κ1) is 18.9. The molecule has 0 spiro atoms. The van der Waals surface area contributed by atoms with Crippen LogP contribution in [0.1, 0.15) is 33.9 Å². The van der Waals surface area contributed by atoms with Crippen molar-refractivity contribution in [2.45, 2.75) is 24.8 Å². The summed E-state index contributed by atoms with van der Waals surface area (Å²) in [5.74, 6) is -1.36. The molecule has 1 amide bonds. The Balaban J connectivity index is 2.33. The van der Waals surface area contributed by atoms with Crippen LogP contribution in [0.25, 0.3) is 0 Å². The smallest absolute Gasteiger partial charge is 0.335 e. The van der Waals surface area contributed by atoms with Gasteiger partial charge in [0, 0.05) is 11.6 Å². The second kappa shape index (κ2) is 7.24. The summed E-state index contributed by atoms with van der Waals surface area (Å²) >= 11 is 0.986. The van der Waals surface area contributed by atoms with Gasteiger partial charge in [0.25, 0.3) is 5.91 Å². The Labute approximate surface area is 149 Å². The van der Waals surface area contributed by atoms with E-state index in [4.69, 9.17) is 9.84 Å². The molecule has 0 aliphatic carbocycles. The first-order chi connectivity index (χ1) is 11.6. The van der Waals surface area contributed by atoms with Crippen LogP contribution >= 0.6 is 11.3 Å². The molecule has 9 heteroatoms. The first-order valence-corrected chi connectivity index (χ1v) is 9.99. The molecule has 2 N–H and O–H groups in total. The lowest BCUT2D eigenvalue weighted by Gasteiger charge is -2.15. The summed E-state index contributed by atoms with van der Waals surface area (Å²) in [6.07, 6.45) is 0.881. The number of hydrogen-bond acceptors (Lipinski definition) is 6. The fourth-order valence-electron chi connectivity index (χ4n) is 1.93. The number of amides is 1. The number of carbonyl (C=O) groups is 2. The van der Waals surface area contributed by atoms with Crippen LogP contribution in [0.2, 0.25) is 0 Å². The van der Waals surface area contributed by atoms with Crippen molar-refractivity contribution in [1.29, 1.82) is 0 Å². The molecule has 0 atom stereocenters. The van der Waals surface area contributed by atoms with Crippen molar-refractivity contribution in [3.63, 3.8) is 0 Å². The number of benzene rings is 1. The molecule has 0 bridgehead atoms. The largest absolute Gasteiger partial charge is 0.489 e. The zero-order valence-corrected chi connectivity index (χ0v) is 15.4. The molecule has 1 heterocycles. The number of ether oxygens (including phenoxy) is 1. The Hall–Kier alpha value is -2.39. The Bertz CT molecular complexity index is 914. The van der Waals surface area contributed by atoms with Crippen LogP contribution in [0.5, 0.6) is 5.75 Å². The van der Waals surface area contributed by atoms with Gasteiger partial charge in [0.15, 0.2) is 9.84 Å². The number of carboxylic acids is 1. The third-order valence-corrected chi connectivity index (χ3v) is 5.23. The fourth-order valence-corrected chi connectivity index (χ4v) is 3.85. The van der Waals surface area contributed by atoms with E-state index < -0.39 is 21.7 Å². The average Bonchev–Trinajstić information content (AvgIpc) is 2.98. The van der Waals surface area contributed by atoms with Gasteiger partial charge in [0.1, 0.15) is 5.75 Å². The molecule has 1 aromatic heterocycles. The molecule has 2 rings (SSSR count). The quantitative estimate of drug-likeness (QED) is 0.794. The van der Waals surface area contributed by atoms with Crippen LogP contribution in [0.4, 0.5) is 5.69 Å². The Kier molecular flexibility index (Phi) is 5.48. The summed E-state index contributed by atoms with van der Waals surface area (Å²) < 4.78 is 28.6. The highest BCUT2D eigenvalue weighted by Gasteiger charge is 2.18. The lowest BCUT2D eigenvalue weighted by Crippen LogP contribution is -2.14. The Morgan fingerprint density at radius 3 is 2.44 bits per heavy atom. The van der Waals surface area contributed by atoms with Crippen molar-refractivity contribution in [2.24, 2.45) is 0 Å². The van der Waals surface area contributed by atoms with Gasteiger partial charge in [0.05, 0.1) is 27.1 Å². The molecule has 0 aliphatic rings. The standard InChI is InChI=1S/C16H17NO6S2/c1-9(2)23-13-5-4-10(16(19)20)6-12(13)17-15(18)14-7-11(8-24-14)25(3,21)22/h4-9H,1-3H3,(H,17,18)(H,19,20). The average molecular weight is 383 g/mol. The third-order valence-electron chi connectivity index (χ3n) is 3.06. The van der Waals surface area contributed by atoms with E-state index in [0.29, 0.717) is 5.75 Å². The molecule has 0 radical (unpaired) electrons.